The number of rotatable bonds is 6. The SMILES string of the molecule is COc1cccc(N2C(=O)C(SCc3ccccc3)=C(c3ccccc3)C2=O)c1. The van der Waals surface area contributed by atoms with Gasteiger partial charge < -0.3 is 4.74 Å². The van der Waals surface area contributed by atoms with Crippen molar-refractivity contribution < 1.29 is 14.3 Å². The van der Waals surface area contributed by atoms with E-state index in [-0.39, 0.29) is 11.8 Å². The van der Waals surface area contributed by atoms with Gasteiger partial charge in [0.05, 0.1) is 23.3 Å². The number of imide groups is 1. The zero-order valence-corrected chi connectivity index (χ0v) is 16.7. The minimum absolute atomic E-state index is 0.303. The third-order valence-corrected chi connectivity index (χ3v) is 5.79. The fourth-order valence-corrected chi connectivity index (χ4v) is 4.28. The summed E-state index contributed by atoms with van der Waals surface area (Å²) in [6, 6.07) is 26.2. The monoisotopic (exact) mass is 401 g/mol. The van der Waals surface area contributed by atoms with Crippen molar-refractivity contribution in [2.24, 2.45) is 0 Å². The minimum Gasteiger partial charge on any atom is -0.497 e. The molecule has 4 nitrogen and oxygen atoms in total. The Balaban J connectivity index is 1.73. The lowest BCUT2D eigenvalue weighted by Crippen LogP contribution is -2.31. The number of thioether (sulfide) groups is 1. The molecule has 0 aromatic heterocycles. The highest BCUT2D eigenvalue weighted by molar-refractivity contribution is 8.03. The second kappa shape index (κ2) is 8.37. The van der Waals surface area contributed by atoms with E-state index < -0.39 is 0 Å². The Bertz CT molecular complexity index is 1080. The van der Waals surface area contributed by atoms with E-state index in [1.165, 1.54) is 16.7 Å². The van der Waals surface area contributed by atoms with Crippen molar-refractivity contribution in [2.75, 3.05) is 12.0 Å². The van der Waals surface area contributed by atoms with Gasteiger partial charge in [0.1, 0.15) is 5.75 Å². The van der Waals surface area contributed by atoms with Crippen molar-refractivity contribution >= 4 is 34.8 Å². The van der Waals surface area contributed by atoms with Crippen LogP contribution < -0.4 is 9.64 Å². The first-order valence-corrected chi connectivity index (χ1v) is 10.2. The number of anilines is 1. The lowest BCUT2D eigenvalue weighted by Gasteiger charge is -2.16. The van der Waals surface area contributed by atoms with Crippen LogP contribution in [0.1, 0.15) is 11.1 Å². The zero-order chi connectivity index (χ0) is 20.2. The molecule has 0 fully saturated rings. The van der Waals surface area contributed by atoms with Gasteiger partial charge in [0, 0.05) is 11.8 Å². The summed E-state index contributed by atoms with van der Waals surface area (Å²) < 4.78 is 5.26. The molecule has 1 aliphatic rings. The fourth-order valence-electron chi connectivity index (χ4n) is 3.22. The van der Waals surface area contributed by atoms with Gasteiger partial charge in [0.15, 0.2) is 0 Å². The summed E-state index contributed by atoms with van der Waals surface area (Å²) in [7, 11) is 1.56. The van der Waals surface area contributed by atoms with E-state index in [4.69, 9.17) is 4.74 Å². The highest BCUT2D eigenvalue weighted by atomic mass is 32.2. The molecule has 1 aliphatic heterocycles. The van der Waals surface area contributed by atoms with Crippen molar-refractivity contribution in [1.29, 1.82) is 0 Å². The van der Waals surface area contributed by atoms with Gasteiger partial charge in [-0.3, -0.25) is 9.59 Å². The molecule has 0 saturated heterocycles. The Kier molecular flexibility index (Phi) is 5.49. The van der Waals surface area contributed by atoms with Crippen LogP contribution in [0, 0.1) is 0 Å². The van der Waals surface area contributed by atoms with E-state index in [1.807, 2.05) is 60.7 Å². The van der Waals surface area contributed by atoms with Crippen LogP contribution in [0.5, 0.6) is 5.75 Å². The third-order valence-electron chi connectivity index (χ3n) is 4.64. The van der Waals surface area contributed by atoms with Gasteiger partial charge in [-0.1, -0.05) is 66.7 Å². The standard InChI is InChI=1S/C24H19NO3S/c1-28-20-14-8-13-19(15-20)25-23(26)21(18-11-6-3-7-12-18)22(24(25)27)29-16-17-9-4-2-5-10-17/h2-15H,16H2,1H3. The van der Waals surface area contributed by atoms with Crippen molar-refractivity contribution in [3.05, 3.63) is 101 Å². The topological polar surface area (TPSA) is 46.6 Å². The molecule has 0 aliphatic carbocycles. The first kappa shape index (κ1) is 19.0. The minimum atomic E-state index is -0.315. The van der Waals surface area contributed by atoms with Crippen LogP contribution in [0.4, 0.5) is 5.69 Å². The van der Waals surface area contributed by atoms with Gasteiger partial charge >= 0.3 is 0 Å². The van der Waals surface area contributed by atoms with E-state index in [0.29, 0.717) is 27.7 Å². The second-order valence-corrected chi connectivity index (χ2v) is 7.48. The number of ether oxygens (including phenoxy) is 1. The van der Waals surface area contributed by atoms with Crippen molar-refractivity contribution in [1.82, 2.24) is 0 Å². The third kappa shape index (κ3) is 3.82. The number of benzene rings is 3. The smallest absolute Gasteiger partial charge is 0.272 e. The van der Waals surface area contributed by atoms with E-state index >= 15 is 0 Å². The molecule has 0 bridgehead atoms. The molecule has 2 amide bonds. The first-order valence-electron chi connectivity index (χ1n) is 9.18. The molecule has 0 saturated carbocycles. The van der Waals surface area contributed by atoms with Gasteiger partial charge in [-0.05, 0) is 23.3 Å². The van der Waals surface area contributed by atoms with Crippen LogP contribution in [0.25, 0.3) is 5.57 Å². The lowest BCUT2D eigenvalue weighted by molar-refractivity contribution is -0.119. The van der Waals surface area contributed by atoms with Gasteiger partial charge in [0.25, 0.3) is 11.8 Å². The van der Waals surface area contributed by atoms with Gasteiger partial charge in [-0.15, -0.1) is 11.8 Å². The largest absolute Gasteiger partial charge is 0.497 e. The predicted octanol–water partition coefficient (Wildman–Crippen LogP) is 4.91. The van der Waals surface area contributed by atoms with Gasteiger partial charge in [-0.2, -0.15) is 0 Å². The molecule has 0 unspecified atom stereocenters. The Morgan fingerprint density at radius 2 is 1.52 bits per heavy atom. The zero-order valence-electron chi connectivity index (χ0n) is 15.9. The molecule has 3 aromatic carbocycles. The molecule has 144 valence electrons. The summed E-state index contributed by atoms with van der Waals surface area (Å²) in [6.07, 6.45) is 0. The molecule has 1 heterocycles. The van der Waals surface area contributed by atoms with Crippen LogP contribution in [-0.4, -0.2) is 18.9 Å². The number of hydrogen-bond donors (Lipinski definition) is 0. The summed E-state index contributed by atoms with van der Waals surface area (Å²) in [6.45, 7) is 0. The number of methoxy groups -OCH3 is 1. The summed E-state index contributed by atoms with van der Waals surface area (Å²) >= 11 is 1.40. The Hall–Kier alpha value is -3.31. The first-order chi connectivity index (χ1) is 14.2. The van der Waals surface area contributed by atoms with Crippen LogP contribution in [0.3, 0.4) is 0 Å². The van der Waals surface area contributed by atoms with E-state index in [0.717, 1.165) is 11.1 Å². The Labute approximate surface area is 173 Å². The average molecular weight is 401 g/mol. The maximum atomic E-state index is 13.3. The summed E-state index contributed by atoms with van der Waals surface area (Å²) in [5.41, 5.74) is 2.78. The molecule has 0 atom stereocenters. The average Bonchev–Trinajstić information content (AvgIpc) is 3.03. The highest BCUT2D eigenvalue weighted by Crippen LogP contribution is 2.40. The normalized spacial score (nSPS) is 13.9. The van der Waals surface area contributed by atoms with Crippen LogP contribution in [0.15, 0.2) is 89.8 Å². The predicted molar refractivity (Wildman–Crippen MR) is 117 cm³/mol. The van der Waals surface area contributed by atoms with E-state index in [1.54, 1.807) is 31.4 Å². The molecule has 0 N–H and O–H groups in total. The highest BCUT2D eigenvalue weighted by Gasteiger charge is 2.40. The van der Waals surface area contributed by atoms with Crippen LogP contribution >= 0.6 is 11.8 Å². The molecule has 0 spiro atoms. The molecular formula is C24H19NO3S. The molecule has 4 rings (SSSR count). The van der Waals surface area contributed by atoms with Crippen molar-refractivity contribution in [2.45, 2.75) is 5.75 Å². The number of hydrogen-bond acceptors (Lipinski definition) is 4. The summed E-state index contributed by atoms with van der Waals surface area (Å²) in [4.78, 5) is 28.3. The number of nitrogens with zero attached hydrogens (tertiary/aromatic N) is 1. The quantitative estimate of drug-likeness (QED) is 0.551. The van der Waals surface area contributed by atoms with E-state index in [9.17, 15) is 9.59 Å². The maximum Gasteiger partial charge on any atom is 0.272 e. The summed E-state index contributed by atoms with van der Waals surface area (Å²) in [5.74, 6) is 0.583. The lowest BCUT2D eigenvalue weighted by atomic mass is 10.1. The number of carbonyl (C=O) groups excluding carboxylic acids is 2. The van der Waals surface area contributed by atoms with Crippen molar-refractivity contribution in [3.63, 3.8) is 0 Å². The second-order valence-electron chi connectivity index (χ2n) is 6.49. The molecule has 5 heteroatoms. The van der Waals surface area contributed by atoms with Gasteiger partial charge in [-0.25, -0.2) is 4.90 Å². The summed E-state index contributed by atoms with van der Waals surface area (Å²) in [5, 5.41) is 0. The number of carbonyl (C=O) groups is 2. The number of amides is 2. The Morgan fingerprint density at radius 3 is 2.21 bits per heavy atom. The molecule has 0 radical (unpaired) electrons. The van der Waals surface area contributed by atoms with Gasteiger partial charge in [0.2, 0.25) is 0 Å². The van der Waals surface area contributed by atoms with Crippen LogP contribution in [-0.2, 0) is 15.3 Å². The fraction of sp³-hybridized carbons (Fsp3) is 0.0833. The Morgan fingerprint density at radius 1 is 0.828 bits per heavy atom. The maximum absolute atomic E-state index is 13.3. The van der Waals surface area contributed by atoms with E-state index in [2.05, 4.69) is 0 Å². The van der Waals surface area contributed by atoms with Crippen LogP contribution in [0.2, 0.25) is 0 Å². The van der Waals surface area contributed by atoms with Crippen molar-refractivity contribution in [3.8, 4) is 5.75 Å². The molecule has 3 aromatic rings. The molecular weight excluding hydrogens is 382 g/mol. The molecule has 29 heavy (non-hydrogen) atoms.